The largest absolute Gasteiger partial charge is 0.328 e. The Kier molecular flexibility index (Phi) is 2.17. The van der Waals surface area contributed by atoms with Crippen LogP contribution >= 0.6 is 0 Å². The minimum absolute atomic E-state index is 0.0285. The molecule has 0 aliphatic carbocycles. The summed E-state index contributed by atoms with van der Waals surface area (Å²) in [6.07, 6.45) is 0.167. The molecule has 70 valence electrons. The Bertz CT molecular complexity index is 195. The summed E-state index contributed by atoms with van der Waals surface area (Å²) >= 11 is 0. The van der Waals surface area contributed by atoms with Crippen LogP contribution < -0.4 is 5.32 Å². The molecule has 0 aromatic rings. The van der Waals surface area contributed by atoms with E-state index < -0.39 is 0 Å². The number of rotatable bonds is 0. The van der Waals surface area contributed by atoms with Gasteiger partial charge < -0.3 is 4.90 Å². The molecular formula is C9H18N2O. The summed E-state index contributed by atoms with van der Waals surface area (Å²) in [5, 5.41) is 3.27. The highest BCUT2D eigenvalue weighted by Crippen LogP contribution is 2.25. The molecule has 0 radical (unpaired) electrons. The first kappa shape index (κ1) is 9.52. The van der Waals surface area contributed by atoms with Crippen molar-refractivity contribution in [3.05, 3.63) is 0 Å². The van der Waals surface area contributed by atoms with Crippen LogP contribution in [-0.2, 0) is 4.79 Å². The molecule has 0 bridgehead atoms. The quantitative estimate of drug-likeness (QED) is 0.583. The molecule has 0 spiro atoms. The molecule has 3 nitrogen and oxygen atoms in total. The number of nitrogens with zero attached hydrogens (tertiary/aromatic N) is 1. The molecule has 1 amide bonds. The topological polar surface area (TPSA) is 32.3 Å². The van der Waals surface area contributed by atoms with Crippen LogP contribution in [0.25, 0.3) is 0 Å². The van der Waals surface area contributed by atoms with E-state index in [0.29, 0.717) is 0 Å². The van der Waals surface area contributed by atoms with Crippen molar-refractivity contribution in [3.63, 3.8) is 0 Å². The van der Waals surface area contributed by atoms with Gasteiger partial charge in [0.05, 0.1) is 12.2 Å². The lowest BCUT2D eigenvalue weighted by molar-refractivity contribution is -0.129. The average Bonchev–Trinajstić information content (AvgIpc) is 2.15. The lowest BCUT2D eigenvalue weighted by atomic mass is 9.92. The lowest BCUT2D eigenvalue weighted by Crippen LogP contribution is -2.45. The molecule has 1 rings (SSSR count). The second kappa shape index (κ2) is 2.73. The Hall–Kier alpha value is -0.570. The molecule has 0 aromatic heterocycles. The van der Waals surface area contributed by atoms with Gasteiger partial charge in [0.15, 0.2) is 0 Å². The molecule has 0 saturated carbocycles. The highest BCUT2D eigenvalue weighted by atomic mass is 16.2. The fourth-order valence-electron chi connectivity index (χ4n) is 1.68. The van der Waals surface area contributed by atoms with Crippen molar-refractivity contribution in [3.8, 4) is 0 Å². The standard InChI is InChI=1S/C9H18N2O/c1-6-7(12)11(5)8(10-6)9(2,3)4/h6,8,10H,1-5H3/t6-,8-/m1/s1. The van der Waals surface area contributed by atoms with Gasteiger partial charge in [0.2, 0.25) is 5.91 Å². The van der Waals surface area contributed by atoms with E-state index in [1.807, 2.05) is 14.0 Å². The number of carbonyl (C=O) groups excluding carboxylic acids is 1. The third-order valence-corrected chi connectivity index (χ3v) is 2.33. The molecule has 1 saturated heterocycles. The summed E-state index contributed by atoms with van der Waals surface area (Å²) < 4.78 is 0. The second-order valence-electron chi connectivity index (χ2n) is 4.61. The van der Waals surface area contributed by atoms with Gasteiger partial charge in [-0.15, -0.1) is 0 Å². The van der Waals surface area contributed by atoms with E-state index in [-0.39, 0.29) is 23.5 Å². The second-order valence-corrected chi connectivity index (χ2v) is 4.61. The van der Waals surface area contributed by atoms with Crippen molar-refractivity contribution in [1.82, 2.24) is 10.2 Å². The lowest BCUT2D eigenvalue weighted by Gasteiger charge is -2.32. The Balaban J connectivity index is 2.78. The van der Waals surface area contributed by atoms with Gasteiger partial charge in [0.25, 0.3) is 0 Å². The first-order chi connectivity index (χ1) is 5.34. The Morgan fingerprint density at radius 2 is 1.92 bits per heavy atom. The third kappa shape index (κ3) is 1.46. The SMILES string of the molecule is C[C@H]1N[C@@H](C(C)(C)C)N(C)C1=O. The van der Waals surface area contributed by atoms with Crippen molar-refractivity contribution in [1.29, 1.82) is 0 Å². The number of hydrogen-bond donors (Lipinski definition) is 1. The molecule has 3 heteroatoms. The van der Waals surface area contributed by atoms with Gasteiger partial charge in [-0.1, -0.05) is 20.8 Å². The molecule has 0 aromatic carbocycles. The first-order valence-corrected chi connectivity index (χ1v) is 4.37. The zero-order chi connectivity index (χ0) is 9.52. The smallest absolute Gasteiger partial charge is 0.240 e. The van der Waals surface area contributed by atoms with Gasteiger partial charge in [0, 0.05) is 7.05 Å². The van der Waals surface area contributed by atoms with Crippen molar-refractivity contribution < 1.29 is 4.79 Å². The molecule has 12 heavy (non-hydrogen) atoms. The highest BCUT2D eigenvalue weighted by molar-refractivity contribution is 5.83. The minimum Gasteiger partial charge on any atom is -0.328 e. The Morgan fingerprint density at radius 1 is 1.42 bits per heavy atom. The van der Waals surface area contributed by atoms with Crippen LogP contribution in [0.3, 0.4) is 0 Å². The molecule has 1 aliphatic rings. The summed E-state index contributed by atoms with van der Waals surface area (Å²) in [7, 11) is 1.86. The van der Waals surface area contributed by atoms with Crippen LogP contribution in [-0.4, -0.2) is 30.1 Å². The minimum atomic E-state index is -0.0285. The number of likely N-dealkylation sites (N-methyl/N-ethyl adjacent to an activating group) is 1. The van der Waals surface area contributed by atoms with Crippen molar-refractivity contribution in [2.24, 2.45) is 5.41 Å². The van der Waals surface area contributed by atoms with Crippen molar-refractivity contribution >= 4 is 5.91 Å². The highest BCUT2D eigenvalue weighted by Gasteiger charge is 2.39. The Morgan fingerprint density at radius 3 is 2.08 bits per heavy atom. The average molecular weight is 170 g/mol. The molecule has 1 fully saturated rings. The predicted octanol–water partition coefficient (Wildman–Crippen LogP) is 0.809. The van der Waals surface area contributed by atoms with E-state index in [9.17, 15) is 4.79 Å². The summed E-state index contributed by atoms with van der Waals surface area (Å²) in [6, 6.07) is -0.0285. The monoisotopic (exact) mass is 170 g/mol. The number of carbonyl (C=O) groups is 1. The zero-order valence-corrected chi connectivity index (χ0v) is 8.51. The van der Waals surface area contributed by atoms with E-state index >= 15 is 0 Å². The normalized spacial score (nSPS) is 31.4. The summed E-state index contributed by atoms with van der Waals surface area (Å²) in [4.78, 5) is 13.2. The summed E-state index contributed by atoms with van der Waals surface area (Å²) in [6.45, 7) is 8.30. The molecular weight excluding hydrogens is 152 g/mol. The van der Waals surface area contributed by atoms with Crippen LogP contribution in [0.5, 0.6) is 0 Å². The molecule has 1 aliphatic heterocycles. The van der Waals surface area contributed by atoms with E-state index in [2.05, 4.69) is 26.1 Å². The van der Waals surface area contributed by atoms with Crippen LogP contribution in [0.15, 0.2) is 0 Å². The van der Waals surface area contributed by atoms with E-state index in [0.717, 1.165) is 0 Å². The van der Waals surface area contributed by atoms with Gasteiger partial charge in [-0.3, -0.25) is 10.1 Å². The predicted molar refractivity (Wildman–Crippen MR) is 48.6 cm³/mol. The Labute approximate surface area is 74.1 Å². The van der Waals surface area contributed by atoms with E-state index in [1.54, 1.807) is 4.90 Å². The molecule has 2 atom stereocenters. The third-order valence-electron chi connectivity index (χ3n) is 2.33. The van der Waals surface area contributed by atoms with Gasteiger partial charge >= 0.3 is 0 Å². The van der Waals surface area contributed by atoms with Crippen molar-refractivity contribution in [2.75, 3.05) is 7.05 Å². The van der Waals surface area contributed by atoms with E-state index in [1.165, 1.54) is 0 Å². The van der Waals surface area contributed by atoms with Crippen LogP contribution in [0.1, 0.15) is 27.7 Å². The maximum atomic E-state index is 11.4. The van der Waals surface area contributed by atoms with Crippen LogP contribution in [0.2, 0.25) is 0 Å². The van der Waals surface area contributed by atoms with Gasteiger partial charge in [0.1, 0.15) is 0 Å². The maximum absolute atomic E-state index is 11.4. The first-order valence-electron chi connectivity index (χ1n) is 4.37. The van der Waals surface area contributed by atoms with Gasteiger partial charge in [-0.05, 0) is 12.3 Å². The summed E-state index contributed by atoms with van der Waals surface area (Å²) in [5.74, 6) is 0.190. The zero-order valence-electron chi connectivity index (χ0n) is 8.51. The molecule has 1 heterocycles. The van der Waals surface area contributed by atoms with Crippen LogP contribution in [0.4, 0.5) is 0 Å². The maximum Gasteiger partial charge on any atom is 0.240 e. The van der Waals surface area contributed by atoms with Crippen LogP contribution in [0, 0.1) is 5.41 Å². The van der Waals surface area contributed by atoms with Gasteiger partial charge in [-0.25, -0.2) is 0 Å². The number of amides is 1. The molecule has 0 unspecified atom stereocenters. The van der Waals surface area contributed by atoms with E-state index in [4.69, 9.17) is 0 Å². The van der Waals surface area contributed by atoms with Gasteiger partial charge in [-0.2, -0.15) is 0 Å². The van der Waals surface area contributed by atoms with Crippen molar-refractivity contribution in [2.45, 2.75) is 39.9 Å². The summed E-state index contributed by atoms with van der Waals surface area (Å²) in [5.41, 5.74) is 0.106. The number of hydrogen-bond acceptors (Lipinski definition) is 2. The number of nitrogens with one attached hydrogen (secondary N) is 1. The molecule has 1 N–H and O–H groups in total. The fourth-order valence-corrected chi connectivity index (χ4v) is 1.68. The fraction of sp³-hybridized carbons (Fsp3) is 0.889.